The average molecular weight is 338 g/mol. The van der Waals surface area contributed by atoms with Crippen LogP contribution in [0.2, 0.25) is 0 Å². The largest absolute Gasteiger partial charge is 0.353 e. The number of sulfonamides is 1. The molecule has 6 heteroatoms. The van der Waals surface area contributed by atoms with Crippen molar-refractivity contribution in [2.75, 3.05) is 12.8 Å². The Bertz CT molecular complexity index is 602. The van der Waals surface area contributed by atoms with E-state index in [9.17, 15) is 13.2 Å². The number of hydrogen-bond donors (Lipinski definition) is 2. The molecule has 23 heavy (non-hydrogen) atoms. The smallest absolute Gasteiger partial charge is 0.221 e. The van der Waals surface area contributed by atoms with E-state index in [1.807, 2.05) is 18.2 Å². The van der Waals surface area contributed by atoms with Gasteiger partial charge in [-0.05, 0) is 30.7 Å². The molecule has 0 bridgehead atoms. The van der Waals surface area contributed by atoms with Crippen LogP contribution < -0.4 is 10.0 Å². The molecular formula is C17H26N2O3S. The summed E-state index contributed by atoms with van der Waals surface area (Å²) in [7, 11) is -3.23. The van der Waals surface area contributed by atoms with Crippen LogP contribution >= 0.6 is 0 Å². The SMILES string of the molecule is CS(=O)(=O)NCCC(=O)N[C@@H]1CCCC[C@@H]1Cc1ccccc1. The molecule has 0 spiro atoms. The second kappa shape index (κ2) is 8.45. The fourth-order valence-corrected chi connectivity index (χ4v) is 3.66. The molecule has 0 saturated heterocycles. The lowest BCUT2D eigenvalue weighted by atomic mass is 9.80. The van der Waals surface area contributed by atoms with Crippen molar-refractivity contribution in [3.63, 3.8) is 0 Å². The van der Waals surface area contributed by atoms with Gasteiger partial charge < -0.3 is 5.32 Å². The zero-order valence-corrected chi connectivity index (χ0v) is 14.4. The molecule has 2 atom stereocenters. The first-order valence-electron chi connectivity index (χ1n) is 8.22. The van der Waals surface area contributed by atoms with Gasteiger partial charge in [0, 0.05) is 19.0 Å². The minimum absolute atomic E-state index is 0.0777. The standard InChI is InChI=1S/C17H26N2O3S/c1-23(21,22)18-12-11-17(20)19-16-10-6-5-9-15(16)13-14-7-3-2-4-8-14/h2-4,7-8,15-16,18H,5-6,9-13H2,1H3,(H,19,20)/t15-,16-/m1/s1. The minimum Gasteiger partial charge on any atom is -0.353 e. The maximum Gasteiger partial charge on any atom is 0.221 e. The van der Waals surface area contributed by atoms with E-state index in [0.717, 1.165) is 31.9 Å². The second-order valence-electron chi connectivity index (χ2n) is 6.32. The van der Waals surface area contributed by atoms with Gasteiger partial charge in [0.25, 0.3) is 0 Å². The molecule has 0 aliphatic heterocycles. The van der Waals surface area contributed by atoms with Crippen molar-refractivity contribution < 1.29 is 13.2 Å². The van der Waals surface area contributed by atoms with Gasteiger partial charge in [0.15, 0.2) is 0 Å². The highest BCUT2D eigenvalue weighted by atomic mass is 32.2. The van der Waals surface area contributed by atoms with Crippen LogP contribution in [0.15, 0.2) is 30.3 Å². The zero-order valence-electron chi connectivity index (χ0n) is 13.6. The maximum atomic E-state index is 12.0. The summed E-state index contributed by atoms with van der Waals surface area (Å²) in [6.45, 7) is 0.154. The third-order valence-corrected chi connectivity index (χ3v) is 5.04. The van der Waals surface area contributed by atoms with E-state index in [1.54, 1.807) is 0 Å². The van der Waals surface area contributed by atoms with Gasteiger partial charge in [-0.15, -0.1) is 0 Å². The molecule has 1 aliphatic rings. The third kappa shape index (κ3) is 6.71. The second-order valence-corrected chi connectivity index (χ2v) is 8.16. The Morgan fingerprint density at radius 1 is 1.17 bits per heavy atom. The summed E-state index contributed by atoms with van der Waals surface area (Å²) < 4.78 is 24.4. The summed E-state index contributed by atoms with van der Waals surface area (Å²) in [5.74, 6) is 0.379. The van der Waals surface area contributed by atoms with Gasteiger partial charge in [-0.25, -0.2) is 13.1 Å². The van der Waals surface area contributed by atoms with Crippen molar-refractivity contribution in [1.29, 1.82) is 0 Å². The van der Waals surface area contributed by atoms with Crippen molar-refractivity contribution in [2.45, 2.75) is 44.6 Å². The van der Waals surface area contributed by atoms with E-state index in [-0.39, 0.29) is 24.9 Å². The summed E-state index contributed by atoms with van der Waals surface area (Å²) in [6.07, 6.45) is 6.73. The Morgan fingerprint density at radius 3 is 2.57 bits per heavy atom. The number of nitrogens with one attached hydrogen (secondary N) is 2. The van der Waals surface area contributed by atoms with Gasteiger partial charge in [0.1, 0.15) is 0 Å². The quantitative estimate of drug-likeness (QED) is 0.796. The van der Waals surface area contributed by atoms with Crippen LogP contribution in [0.1, 0.15) is 37.7 Å². The van der Waals surface area contributed by atoms with E-state index in [0.29, 0.717) is 5.92 Å². The van der Waals surface area contributed by atoms with Crippen molar-refractivity contribution in [2.24, 2.45) is 5.92 Å². The lowest BCUT2D eigenvalue weighted by molar-refractivity contribution is -0.122. The van der Waals surface area contributed by atoms with Gasteiger partial charge >= 0.3 is 0 Å². The Kier molecular flexibility index (Phi) is 6.59. The first kappa shape index (κ1) is 17.9. The van der Waals surface area contributed by atoms with Gasteiger partial charge in [-0.3, -0.25) is 4.79 Å². The lowest BCUT2D eigenvalue weighted by Gasteiger charge is -2.32. The van der Waals surface area contributed by atoms with Crippen molar-refractivity contribution in [3.05, 3.63) is 35.9 Å². The molecule has 1 aromatic carbocycles. The van der Waals surface area contributed by atoms with E-state index in [1.165, 1.54) is 12.0 Å². The van der Waals surface area contributed by atoms with E-state index in [2.05, 4.69) is 22.2 Å². The number of rotatable bonds is 7. The van der Waals surface area contributed by atoms with Crippen LogP contribution in [0.3, 0.4) is 0 Å². The molecule has 0 heterocycles. The van der Waals surface area contributed by atoms with Crippen LogP contribution in [-0.4, -0.2) is 33.2 Å². The first-order valence-corrected chi connectivity index (χ1v) is 10.1. The molecule has 2 rings (SSSR count). The Balaban J connectivity index is 1.84. The van der Waals surface area contributed by atoms with E-state index >= 15 is 0 Å². The third-order valence-electron chi connectivity index (χ3n) is 4.31. The highest BCUT2D eigenvalue weighted by molar-refractivity contribution is 7.88. The number of carbonyl (C=O) groups excluding carboxylic acids is 1. The van der Waals surface area contributed by atoms with Crippen LogP contribution in [0.25, 0.3) is 0 Å². The average Bonchev–Trinajstić information content (AvgIpc) is 2.49. The predicted octanol–water partition coefficient (Wildman–Crippen LogP) is 1.84. The van der Waals surface area contributed by atoms with Crippen molar-refractivity contribution >= 4 is 15.9 Å². The van der Waals surface area contributed by atoms with Crippen molar-refractivity contribution in [1.82, 2.24) is 10.0 Å². The Hall–Kier alpha value is -1.40. The van der Waals surface area contributed by atoms with Crippen LogP contribution in [-0.2, 0) is 21.2 Å². The van der Waals surface area contributed by atoms with Gasteiger partial charge in [-0.1, -0.05) is 43.2 Å². The molecule has 0 unspecified atom stereocenters. The summed E-state index contributed by atoms with van der Waals surface area (Å²) in [5.41, 5.74) is 1.30. The fourth-order valence-electron chi connectivity index (χ4n) is 3.19. The molecule has 0 aromatic heterocycles. The highest BCUT2D eigenvalue weighted by Gasteiger charge is 2.26. The van der Waals surface area contributed by atoms with Crippen molar-refractivity contribution in [3.8, 4) is 0 Å². The number of benzene rings is 1. The molecule has 1 fully saturated rings. The Morgan fingerprint density at radius 2 is 1.87 bits per heavy atom. The van der Waals surface area contributed by atoms with Gasteiger partial charge in [0.2, 0.25) is 15.9 Å². The molecule has 128 valence electrons. The Labute approximate surface area is 138 Å². The molecular weight excluding hydrogens is 312 g/mol. The maximum absolute atomic E-state index is 12.0. The zero-order chi connectivity index (χ0) is 16.7. The van der Waals surface area contributed by atoms with Crippen LogP contribution in [0, 0.1) is 5.92 Å². The summed E-state index contributed by atoms with van der Waals surface area (Å²) >= 11 is 0. The molecule has 1 aliphatic carbocycles. The molecule has 5 nitrogen and oxygen atoms in total. The number of hydrogen-bond acceptors (Lipinski definition) is 3. The molecule has 0 radical (unpaired) electrons. The minimum atomic E-state index is -3.23. The fraction of sp³-hybridized carbons (Fsp3) is 0.588. The van der Waals surface area contributed by atoms with Gasteiger partial charge in [0.05, 0.1) is 6.26 Å². The summed E-state index contributed by atoms with van der Waals surface area (Å²) in [4.78, 5) is 12.0. The van der Waals surface area contributed by atoms with E-state index < -0.39 is 10.0 Å². The number of amides is 1. The molecule has 1 saturated carbocycles. The van der Waals surface area contributed by atoms with Gasteiger partial charge in [-0.2, -0.15) is 0 Å². The van der Waals surface area contributed by atoms with Crippen LogP contribution in [0.4, 0.5) is 0 Å². The molecule has 1 aromatic rings. The molecule has 2 N–H and O–H groups in total. The van der Waals surface area contributed by atoms with E-state index in [4.69, 9.17) is 0 Å². The summed E-state index contributed by atoms with van der Waals surface area (Å²) in [5, 5.41) is 3.10. The molecule has 1 amide bonds. The number of carbonyl (C=O) groups is 1. The highest BCUT2D eigenvalue weighted by Crippen LogP contribution is 2.27. The summed E-state index contributed by atoms with van der Waals surface area (Å²) in [6, 6.07) is 10.5. The monoisotopic (exact) mass is 338 g/mol. The van der Waals surface area contributed by atoms with Crippen LogP contribution in [0.5, 0.6) is 0 Å². The normalized spacial score (nSPS) is 21.8. The topological polar surface area (TPSA) is 75.3 Å². The lowest BCUT2D eigenvalue weighted by Crippen LogP contribution is -2.43. The first-order chi connectivity index (χ1) is 10.9. The predicted molar refractivity (Wildman–Crippen MR) is 91.5 cm³/mol.